The molecule has 0 radical (unpaired) electrons. The highest BCUT2D eigenvalue weighted by Crippen LogP contribution is 2.28. The predicted molar refractivity (Wildman–Crippen MR) is 71.0 cm³/mol. The third-order valence-corrected chi connectivity index (χ3v) is 2.88. The zero-order valence-electron chi connectivity index (χ0n) is 10.4. The average Bonchev–Trinajstić information content (AvgIpc) is 2.43. The first kappa shape index (κ1) is 13.8. The summed E-state index contributed by atoms with van der Waals surface area (Å²) >= 11 is 5.68. The summed E-state index contributed by atoms with van der Waals surface area (Å²) in [7, 11) is 0. The zero-order valence-corrected chi connectivity index (χ0v) is 11.1. The second-order valence-electron chi connectivity index (χ2n) is 3.97. The van der Waals surface area contributed by atoms with E-state index in [4.69, 9.17) is 21.4 Å². The number of hydrogen-bond acceptors (Lipinski definition) is 3. The summed E-state index contributed by atoms with van der Waals surface area (Å²) in [6.45, 7) is 1.82. The average molecular weight is 282 g/mol. The van der Waals surface area contributed by atoms with Crippen molar-refractivity contribution < 1.29 is 14.2 Å². The van der Waals surface area contributed by atoms with Crippen LogP contribution in [0.5, 0.6) is 11.6 Å². The topological polar surface area (TPSA) is 42.4 Å². The minimum atomic E-state index is -0.626. The molecule has 0 fully saturated rings. The second-order valence-corrected chi connectivity index (χ2v) is 4.38. The lowest BCUT2D eigenvalue weighted by atomic mass is 10.2. The Hall–Kier alpha value is -1.65. The van der Waals surface area contributed by atoms with E-state index in [2.05, 4.69) is 4.98 Å². The Kier molecular flexibility index (Phi) is 4.35. The summed E-state index contributed by atoms with van der Waals surface area (Å²) in [5.74, 6) is -0.375. The smallest absolute Gasteiger partial charge is 0.219 e. The van der Waals surface area contributed by atoms with Gasteiger partial charge in [-0.2, -0.15) is 0 Å². The SMILES string of the molecule is CCc1cc(CO)cc(Oc2cccc(Cl)c2F)n1. The highest BCUT2D eigenvalue weighted by molar-refractivity contribution is 6.30. The summed E-state index contributed by atoms with van der Waals surface area (Å²) < 4.78 is 19.1. The van der Waals surface area contributed by atoms with Gasteiger partial charge in [0.25, 0.3) is 0 Å². The molecule has 1 N–H and O–H groups in total. The number of aliphatic hydroxyl groups excluding tert-OH is 1. The molecule has 0 unspecified atom stereocenters. The van der Waals surface area contributed by atoms with E-state index in [1.807, 2.05) is 6.92 Å². The Labute approximate surface area is 115 Å². The van der Waals surface area contributed by atoms with Crippen molar-refractivity contribution in [1.29, 1.82) is 0 Å². The minimum absolute atomic E-state index is 0.00784. The van der Waals surface area contributed by atoms with Crippen LogP contribution in [-0.2, 0) is 13.0 Å². The molecule has 2 aromatic rings. The minimum Gasteiger partial charge on any atom is -0.436 e. The Morgan fingerprint density at radius 2 is 2.16 bits per heavy atom. The molecule has 0 bridgehead atoms. The number of aliphatic hydroxyl groups is 1. The summed E-state index contributed by atoms with van der Waals surface area (Å²) in [6, 6.07) is 7.86. The zero-order chi connectivity index (χ0) is 13.8. The quantitative estimate of drug-likeness (QED) is 0.929. The summed E-state index contributed by atoms with van der Waals surface area (Å²) in [4.78, 5) is 4.22. The normalized spacial score (nSPS) is 10.5. The number of ether oxygens (including phenoxy) is 1. The Morgan fingerprint density at radius 1 is 1.37 bits per heavy atom. The molecule has 1 aromatic heterocycles. The molecule has 100 valence electrons. The van der Waals surface area contributed by atoms with Gasteiger partial charge >= 0.3 is 0 Å². The third-order valence-electron chi connectivity index (χ3n) is 2.59. The standard InChI is InChI=1S/C14H13ClFNO2/c1-2-10-6-9(8-18)7-13(17-10)19-12-5-3-4-11(15)14(12)16/h3-7,18H,2,8H2,1H3. The monoisotopic (exact) mass is 281 g/mol. The van der Waals surface area contributed by atoms with Crippen LogP contribution >= 0.6 is 11.6 Å². The largest absolute Gasteiger partial charge is 0.436 e. The van der Waals surface area contributed by atoms with Crippen molar-refractivity contribution in [1.82, 2.24) is 4.98 Å². The van der Waals surface area contributed by atoms with Crippen LogP contribution in [0.2, 0.25) is 5.02 Å². The molecule has 0 saturated carbocycles. The molecule has 1 heterocycles. The van der Waals surface area contributed by atoms with Gasteiger partial charge in [-0.1, -0.05) is 24.6 Å². The lowest BCUT2D eigenvalue weighted by Gasteiger charge is -2.09. The van der Waals surface area contributed by atoms with Gasteiger partial charge in [0.15, 0.2) is 11.6 Å². The maximum absolute atomic E-state index is 13.7. The molecule has 5 heteroatoms. The first-order valence-corrected chi connectivity index (χ1v) is 6.24. The number of aromatic nitrogens is 1. The summed E-state index contributed by atoms with van der Waals surface area (Å²) in [5.41, 5.74) is 1.44. The van der Waals surface area contributed by atoms with Crippen molar-refractivity contribution in [2.75, 3.05) is 0 Å². The molecule has 1 aromatic carbocycles. The number of aryl methyl sites for hydroxylation is 1. The van der Waals surface area contributed by atoms with Crippen molar-refractivity contribution >= 4 is 11.6 Å². The molecule has 0 spiro atoms. The van der Waals surface area contributed by atoms with E-state index in [0.29, 0.717) is 12.0 Å². The molecular weight excluding hydrogens is 269 g/mol. The number of pyridine rings is 1. The fraction of sp³-hybridized carbons (Fsp3) is 0.214. The van der Waals surface area contributed by atoms with Gasteiger partial charge in [-0.3, -0.25) is 0 Å². The first-order chi connectivity index (χ1) is 9.13. The number of rotatable bonds is 4. The molecule has 19 heavy (non-hydrogen) atoms. The van der Waals surface area contributed by atoms with Crippen LogP contribution < -0.4 is 4.74 Å². The van der Waals surface area contributed by atoms with Crippen molar-refractivity contribution in [2.45, 2.75) is 20.0 Å². The summed E-state index contributed by atoms with van der Waals surface area (Å²) in [6.07, 6.45) is 0.697. The Balaban J connectivity index is 2.34. The van der Waals surface area contributed by atoms with Crippen LogP contribution in [0.1, 0.15) is 18.2 Å². The van der Waals surface area contributed by atoms with Crippen LogP contribution in [0, 0.1) is 5.82 Å². The van der Waals surface area contributed by atoms with Crippen molar-refractivity contribution in [3.63, 3.8) is 0 Å². The number of halogens is 2. The van der Waals surface area contributed by atoms with Gasteiger partial charge in [0.1, 0.15) is 0 Å². The molecule has 3 nitrogen and oxygen atoms in total. The highest BCUT2D eigenvalue weighted by Gasteiger charge is 2.10. The van der Waals surface area contributed by atoms with Crippen molar-refractivity contribution in [3.05, 3.63) is 52.4 Å². The van der Waals surface area contributed by atoms with E-state index < -0.39 is 5.82 Å². The molecule has 0 amide bonds. The molecule has 0 aliphatic heterocycles. The van der Waals surface area contributed by atoms with Crippen LogP contribution in [0.15, 0.2) is 30.3 Å². The van der Waals surface area contributed by atoms with Crippen molar-refractivity contribution in [2.24, 2.45) is 0 Å². The fourth-order valence-electron chi connectivity index (χ4n) is 1.62. The maximum atomic E-state index is 13.7. The first-order valence-electron chi connectivity index (χ1n) is 5.86. The lowest BCUT2D eigenvalue weighted by Crippen LogP contribution is -1.97. The third kappa shape index (κ3) is 3.22. The Bertz CT molecular complexity index is 567. The molecular formula is C14H13ClFNO2. The van der Waals surface area contributed by atoms with Gasteiger partial charge in [0.2, 0.25) is 5.88 Å². The van der Waals surface area contributed by atoms with E-state index in [1.165, 1.54) is 12.1 Å². The van der Waals surface area contributed by atoms with Gasteiger partial charge in [-0.25, -0.2) is 9.37 Å². The summed E-state index contributed by atoms with van der Waals surface area (Å²) in [5, 5.41) is 9.16. The number of nitrogens with zero attached hydrogens (tertiary/aromatic N) is 1. The van der Waals surface area contributed by atoms with E-state index in [0.717, 1.165) is 5.69 Å². The molecule has 2 rings (SSSR count). The van der Waals surface area contributed by atoms with Crippen LogP contribution in [0.3, 0.4) is 0 Å². The van der Waals surface area contributed by atoms with Gasteiger partial charge < -0.3 is 9.84 Å². The van der Waals surface area contributed by atoms with Gasteiger partial charge in [0, 0.05) is 11.8 Å². The van der Waals surface area contributed by atoms with Gasteiger partial charge in [-0.05, 0) is 30.2 Å². The van der Waals surface area contributed by atoms with Crippen LogP contribution in [0.4, 0.5) is 4.39 Å². The molecule has 0 saturated heterocycles. The number of hydrogen-bond donors (Lipinski definition) is 1. The molecule has 0 aliphatic carbocycles. The van der Waals surface area contributed by atoms with Gasteiger partial charge in [0.05, 0.1) is 11.6 Å². The van der Waals surface area contributed by atoms with Gasteiger partial charge in [-0.15, -0.1) is 0 Å². The second kappa shape index (κ2) is 5.99. The maximum Gasteiger partial charge on any atom is 0.219 e. The molecule has 0 atom stereocenters. The molecule has 0 aliphatic rings. The van der Waals surface area contributed by atoms with E-state index >= 15 is 0 Å². The Morgan fingerprint density at radius 3 is 2.84 bits per heavy atom. The van der Waals surface area contributed by atoms with E-state index in [9.17, 15) is 4.39 Å². The number of benzene rings is 1. The predicted octanol–water partition coefficient (Wildman–Crippen LogP) is 3.72. The lowest BCUT2D eigenvalue weighted by molar-refractivity contribution is 0.280. The van der Waals surface area contributed by atoms with E-state index in [1.54, 1.807) is 18.2 Å². The van der Waals surface area contributed by atoms with Crippen molar-refractivity contribution in [3.8, 4) is 11.6 Å². The van der Waals surface area contributed by atoms with E-state index in [-0.39, 0.29) is 23.3 Å². The van der Waals surface area contributed by atoms with Crippen LogP contribution in [0.25, 0.3) is 0 Å². The van der Waals surface area contributed by atoms with Crippen LogP contribution in [-0.4, -0.2) is 10.1 Å². The highest BCUT2D eigenvalue weighted by atomic mass is 35.5. The fourth-order valence-corrected chi connectivity index (χ4v) is 1.79.